The number of carbonyl (C=O) groups is 1. The number of ether oxygens (including phenoxy) is 1. The van der Waals surface area contributed by atoms with E-state index in [1.54, 1.807) is 59.2 Å². The molecule has 11 nitrogen and oxygen atoms in total. The van der Waals surface area contributed by atoms with E-state index in [-0.39, 0.29) is 17.8 Å². The zero-order valence-electron chi connectivity index (χ0n) is 26.0. The molecule has 5 heterocycles. The maximum atomic E-state index is 14.4. The van der Waals surface area contributed by atoms with E-state index in [0.717, 1.165) is 25.3 Å². The maximum Gasteiger partial charge on any atom is 0.418 e. The third-order valence-electron chi connectivity index (χ3n) is 8.27. The molecule has 5 aromatic rings. The quantitative estimate of drug-likeness (QED) is 0.0750. The molecule has 3 N–H and O–H groups in total. The van der Waals surface area contributed by atoms with Crippen LogP contribution in [0.1, 0.15) is 37.7 Å². The van der Waals surface area contributed by atoms with Gasteiger partial charge in [0.25, 0.3) is 5.56 Å². The monoisotopic (exact) mass is 661 g/mol. The number of hydrogen-bond acceptors (Lipinski definition) is 9. The van der Waals surface area contributed by atoms with Gasteiger partial charge in [0.05, 0.1) is 34.6 Å². The molecular weight excluding hydrogens is 627 g/mol. The van der Waals surface area contributed by atoms with Gasteiger partial charge in [0.2, 0.25) is 11.8 Å². The van der Waals surface area contributed by atoms with Crippen LogP contribution in [-0.4, -0.2) is 63.4 Å². The highest BCUT2D eigenvalue weighted by Crippen LogP contribution is 2.38. The molecule has 0 unspecified atom stereocenters. The molecule has 0 radical (unpaired) electrons. The van der Waals surface area contributed by atoms with Crippen LogP contribution in [0, 0.1) is 0 Å². The Morgan fingerprint density at radius 1 is 0.958 bits per heavy atom. The SMILES string of the molecule is O=C(CCCCCCOc1ccc(-c2ccc3ncc4ccc(=O)n(-c5ccc(N6CCNCC6)c(C(F)(F)F)c5)c4c3n2)cn1)NO. The summed E-state index contributed by atoms with van der Waals surface area (Å²) in [5, 5.41) is 12.2. The number of pyridine rings is 4. The van der Waals surface area contributed by atoms with Crippen molar-refractivity contribution in [2.24, 2.45) is 0 Å². The number of fused-ring (bicyclic) bond motifs is 3. The first-order chi connectivity index (χ1) is 23.2. The minimum Gasteiger partial charge on any atom is -0.478 e. The largest absolute Gasteiger partial charge is 0.478 e. The van der Waals surface area contributed by atoms with Gasteiger partial charge in [-0.2, -0.15) is 13.2 Å². The number of nitrogens with one attached hydrogen (secondary N) is 2. The Hall–Kier alpha value is -5.08. The average Bonchev–Trinajstić information content (AvgIpc) is 3.10. The predicted molar refractivity (Wildman–Crippen MR) is 174 cm³/mol. The van der Waals surface area contributed by atoms with Gasteiger partial charge < -0.3 is 15.0 Å². The molecule has 0 bridgehead atoms. The number of rotatable bonds is 11. The molecule has 1 aliphatic rings. The van der Waals surface area contributed by atoms with Crippen LogP contribution in [0.5, 0.6) is 5.88 Å². The topological polar surface area (TPSA) is 134 Å². The van der Waals surface area contributed by atoms with Crippen LogP contribution in [0.15, 0.2) is 71.8 Å². The molecule has 4 aromatic heterocycles. The molecule has 0 atom stereocenters. The fourth-order valence-electron chi connectivity index (χ4n) is 5.85. The van der Waals surface area contributed by atoms with Crippen molar-refractivity contribution in [1.29, 1.82) is 0 Å². The van der Waals surface area contributed by atoms with Crippen LogP contribution in [0.25, 0.3) is 38.9 Å². The van der Waals surface area contributed by atoms with Crippen molar-refractivity contribution in [2.75, 3.05) is 37.7 Å². The Bertz CT molecular complexity index is 1980. The number of halogens is 3. The van der Waals surface area contributed by atoms with Gasteiger partial charge in [-0.25, -0.2) is 15.4 Å². The Morgan fingerprint density at radius 2 is 1.77 bits per heavy atom. The standard InChI is InChI=1S/C34H34F3N7O4/c35-34(36,37)25-19-24(8-11-28(25)43-16-14-38-15-17-43)44-31(46)13-7-23-21-39-27-10-9-26(41-32(27)33(23)44)22-6-12-30(40-20-22)48-18-4-2-1-3-5-29(45)42-47/h6-13,19-21,38,47H,1-5,14-18H2,(H,42,45). The van der Waals surface area contributed by atoms with Crippen molar-refractivity contribution in [1.82, 2.24) is 30.3 Å². The van der Waals surface area contributed by atoms with Gasteiger partial charge in [-0.15, -0.1) is 0 Å². The van der Waals surface area contributed by atoms with E-state index in [1.807, 2.05) is 0 Å². The number of hydrogen-bond donors (Lipinski definition) is 3. The first kappa shape index (κ1) is 32.8. The van der Waals surface area contributed by atoms with Crippen molar-refractivity contribution in [3.63, 3.8) is 0 Å². The third kappa shape index (κ3) is 7.24. The first-order valence-electron chi connectivity index (χ1n) is 15.7. The van der Waals surface area contributed by atoms with Crippen molar-refractivity contribution >= 4 is 33.5 Å². The molecule has 6 rings (SSSR count). The molecule has 0 spiro atoms. The molecule has 1 fully saturated rings. The van der Waals surface area contributed by atoms with E-state index < -0.39 is 23.2 Å². The fourth-order valence-corrected chi connectivity index (χ4v) is 5.85. The summed E-state index contributed by atoms with van der Waals surface area (Å²) in [6, 6.07) is 14.0. The molecule has 1 aliphatic heterocycles. The minimum atomic E-state index is -4.64. The molecular formula is C34H34F3N7O4. The normalized spacial score (nSPS) is 13.6. The van der Waals surface area contributed by atoms with Gasteiger partial charge in [-0.3, -0.25) is 24.3 Å². The number of aromatic nitrogens is 4. The summed E-state index contributed by atoms with van der Waals surface area (Å²) in [6.45, 7) is 2.49. The lowest BCUT2D eigenvalue weighted by Crippen LogP contribution is -2.44. The number of amides is 1. The molecule has 250 valence electrons. The number of benzene rings is 1. The lowest BCUT2D eigenvalue weighted by molar-refractivity contribution is -0.137. The maximum absolute atomic E-state index is 14.4. The molecule has 48 heavy (non-hydrogen) atoms. The number of hydroxylamine groups is 1. The van der Waals surface area contributed by atoms with Crippen LogP contribution < -0.4 is 26.0 Å². The number of unbranched alkanes of at least 4 members (excludes halogenated alkanes) is 3. The molecule has 0 aliphatic carbocycles. The molecule has 0 saturated carbocycles. The van der Waals surface area contributed by atoms with E-state index in [1.165, 1.54) is 16.7 Å². The zero-order chi connectivity index (χ0) is 33.7. The Kier molecular flexibility index (Phi) is 9.82. The number of piperazine rings is 1. The van der Waals surface area contributed by atoms with Crippen LogP contribution in [0.4, 0.5) is 18.9 Å². The number of alkyl halides is 3. The van der Waals surface area contributed by atoms with Gasteiger partial charge in [0.15, 0.2) is 0 Å². The van der Waals surface area contributed by atoms with E-state index in [2.05, 4.69) is 15.3 Å². The summed E-state index contributed by atoms with van der Waals surface area (Å²) >= 11 is 0. The highest BCUT2D eigenvalue weighted by atomic mass is 19.4. The van der Waals surface area contributed by atoms with E-state index >= 15 is 0 Å². The second kappa shape index (κ2) is 14.4. The summed E-state index contributed by atoms with van der Waals surface area (Å²) in [6.07, 6.45) is 1.99. The highest BCUT2D eigenvalue weighted by molar-refractivity contribution is 6.02. The predicted octanol–water partition coefficient (Wildman–Crippen LogP) is 5.26. The molecule has 1 aromatic carbocycles. The van der Waals surface area contributed by atoms with Crippen LogP contribution in [-0.2, 0) is 11.0 Å². The minimum absolute atomic E-state index is 0.0790. The number of carbonyl (C=O) groups excluding carboxylic acids is 1. The van der Waals surface area contributed by atoms with Gasteiger partial charge in [0.1, 0.15) is 5.52 Å². The zero-order valence-corrected chi connectivity index (χ0v) is 26.0. The second-order valence-corrected chi connectivity index (χ2v) is 11.5. The van der Waals surface area contributed by atoms with Gasteiger partial charge in [0, 0.05) is 73.8 Å². The lowest BCUT2D eigenvalue weighted by atomic mass is 10.1. The van der Waals surface area contributed by atoms with Crippen molar-refractivity contribution < 1.29 is 27.9 Å². The van der Waals surface area contributed by atoms with E-state index in [4.69, 9.17) is 14.9 Å². The van der Waals surface area contributed by atoms with E-state index in [0.29, 0.717) is 78.3 Å². The van der Waals surface area contributed by atoms with Crippen molar-refractivity contribution in [2.45, 2.75) is 38.3 Å². The summed E-state index contributed by atoms with van der Waals surface area (Å²) < 4.78 is 50.3. The smallest absolute Gasteiger partial charge is 0.418 e. The van der Waals surface area contributed by atoms with Crippen molar-refractivity contribution in [3.05, 3.63) is 82.9 Å². The summed E-state index contributed by atoms with van der Waals surface area (Å²) in [7, 11) is 0. The van der Waals surface area contributed by atoms with Crippen LogP contribution >= 0.6 is 0 Å². The van der Waals surface area contributed by atoms with Gasteiger partial charge in [-0.05, 0) is 55.3 Å². The highest BCUT2D eigenvalue weighted by Gasteiger charge is 2.36. The summed E-state index contributed by atoms with van der Waals surface area (Å²) in [4.78, 5) is 39.9. The van der Waals surface area contributed by atoms with Crippen molar-refractivity contribution in [3.8, 4) is 22.8 Å². The third-order valence-corrected chi connectivity index (χ3v) is 8.27. The first-order valence-corrected chi connectivity index (χ1v) is 15.7. The fraction of sp³-hybridized carbons (Fsp3) is 0.324. The number of nitrogens with zero attached hydrogens (tertiary/aromatic N) is 5. The van der Waals surface area contributed by atoms with Gasteiger partial charge in [-0.1, -0.05) is 12.8 Å². The Labute approximate surface area is 273 Å². The Morgan fingerprint density at radius 3 is 2.52 bits per heavy atom. The number of anilines is 1. The van der Waals surface area contributed by atoms with Gasteiger partial charge >= 0.3 is 6.18 Å². The molecule has 14 heteroatoms. The lowest BCUT2D eigenvalue weighted by Gasteiger charge is -2.31. The van der Waals surface area contributed by atoms with Crippen LogP contribution in [0.3, 0.4) is 0 Å². The summed E-state index contributed by atoms with van der Waals surface area (Å²) in [5.74, 6) is 0.0378. The molecule has 1 amide bonds. The second-order valence-electron chi connectivity index (χ2n) is 11.5. The average molecular weight is 662 g/mol. The van der Waals surface area contributed by atoms with Crippen LogP contribution in [0.2, 0.25) is 0 Å². The Balaban J connectivity index is 1.29. The van der Waals surface area contributed by atoms with E-state index in [9.17, 15) is 22.8 Å². The molecule has 1 saturated heterocycles. The summed E-state index contributed by atoms with van der Waals surface area (Å²) in [5.41, 5.74) is 2.87.